The predicted molar refractivity (Wildman–Crippen MR) is 103 cm³/mol. The van der Waals surface area contributed by atoms with E-state index in [0.717, 1.165) is 27.6 Å². The molecule has 0 saturated carbocycles. The van der Waals surface area contributed by atoms with Crippen LogP contribution in [0.1, 0.15) is 32.7 Å². The summed E-state index contributed by atoms with van der Waals surface area (Å²) >= 11 is 0. The van der Waals surface area contributed by atoms with Crippen LogP contribution in [-0.4, -0.2) is 35.0 Å². The lowest BCUT2D eigenvalue weighted by molar-refractivity contribution is -0.0511. The van der Waals surface area contributed by atoms with Crippen LogP contribution in [0.4, 0.5) is 4.39 Å². The second-order valence-corrected chi connectivity index (χ2v) is 7.31. The number of fused-ring (bicyclic) bond motifs is 1. The quantitative estimate of drug-likeness (QED) is 0.749. The van der Waals surface area contributed by atoms with E-state index >= 15 is 0 Å². The number of aryl methyl sites for hydroxylation is 3. The van der Waals surface area contributed by atoms with Crippen molar-refractivity contribution in [2.45, 2.75) is 33.5 Å². The molecule has 1 aliphatic heterocycles. The molecule has 0 radical (unpaired) electrons. The number of nitrogens with one attached hydrogen (secondary N) is 1. The molecule has 140 valence electrons. The number of carbonyl (C=O) groups excluding carboxylic acids is 1. The Labute approximate surface area is 157 Å². The molecule has 0 spiro atoms. The number of likely N-dealkylation sites (tertiary alicyclic amines) is 1. The van der Waals surface area contributed by atoms with Crippen molar-refractivity contribution in [1.29, 1.82) is 0 Å². The molecule has 0 atom stereocenters. The Balaban J connectivity index is 1.43. The van der Waals surface area contributed by atoms with Crippen LogP contribution in [0, 0.1) is 26.6 Å². The summed E-state index contributed by atoms with van der Waals surface area (Å²) < 4.78 is 19.4. The Kier molecular flexibility index (Phi) is 4.48. The summed E-state index contributed by atoms with van der Waals surface area (Å²) in [6.07, 6.45) is -0.0540. The number of hydrogen-bond acceptors (Lipinski definition) is 2. The average molecular weight is 366 g/mol. The molecule has 0 aliphatic carbocycles. The van der Waals surface area contributed by atoms with Gasteiger partial charge in [-0.3, -0.25) is 4.79 Å². The number of aromatic amines is 1. The van der Waals surface area contributed by atoms with Gasteiger partial charge in [-0.05, 0) is 43.5 Å². The zero-order valence-corrected chi connectivity index (χ0v) is 15.8. The van der Waals surface area contributed by atoms with Gasteiger partial charge in [-0.25, -0.2) is 4.39 Å². The van der Waals surface area contributed by atoms with Gasteiger partial charge in [0.25, 0.3) is 5.91 Å². The van der Waals surface area contributed by atoms with Crippen LogP contribution in [0.3, 0.4) is 0 Å². The molecule has 2 aromatic carbocycles. The summed E-state index contributed by atoms with van der Waals surface area (Å²) in [6, 6.07) is 10.8. The Morgan fingerprint density at radius 1 is 1.15 bits per heavy atom. The lowest BCUT2D eigenvalue weighted by Gasteiger charge is -2.38. The van der Waals surface area contributed by atoms with Gasteiger partial charge < -0.3 is 14.6 Å². The van der Waals surface area contributed by atoms with E-state index < -0.39 is 0 Å². The van der Waals surface area contributed by atoms with Crippen LogP contribution in [0.2, 0.25) is 0 Å². The van der Waals surface area contributed by atoms with Gasteiger partial charge in [-0.15, -0.1) is 0 Å². The third kappa shape index (κ3) is 3.12. The van der Waals surface area contributed by atoms with Crippen LogP contribution in [-0.2, 0) is 11.3 Å². The van der Waals surface area contributed by atoms with Gasteiger partial charge in [0.2, 0.25) is 0 Å². The van der Waals surface area contributed by atoms with Gasteiger partial charge >= 0.3 is 0 Å². The van der Waals surface area contributed by atoms with Crippen molar-refractivity contribution in [1.82, 2.24) is 9.88 Å². The molecule has 27 heavy (non-hydrogen) atoms. The van der Waals surface area contributed by atoms with E-state index in [1.807, 2.05) is 13.8 Å². The maximum absolute atomic E-state index is 13.7. The first-order chi connectivity index (χ1) is 13.0. The molecule has 5 heteroatoms. The average Bonchev–Trinajstić information content (AvgIpc) is 2.97. The van der Waals surface area contributed by atoms with Crippen LogP contribution >= 0.6 is 0 Å². The summed E-state index contributed by atoms with van der Waals surface area (Å²) in [5.74, 6) is -0.266. The summed E-state index contributed by atoms with van der Waals surface area (Å²) in [5, 5.41) is 1.13. The number of halogens is 1. The first kappa shape index (κ1) is 17.7. The van der Waals surface area contributed by atoms with Gasteiger partial charge in [0.1, 0.15) is 11.5 Å². The monoisotopic (exact) mass is 366 g/mol. The molecule has 1 saturated heterocycles. The SMILES string of the molecule is Cc1ccc(C)c2c(C)c(C(=O)N3CC(OCc4ccccc4F)C3)[nH]c12. The van der Waals surface area contributed by atoms with Gasteiger partial charge in [-0.1, -0.05) is 30.3 Å². The molecular weight excluding hydrogens is 343 g/mol. The molecule has 0 bridgehead atoms. The Bertz CT molecular complexity index is 1020. The Morgan fingerprint density at radius 3 is 2.56 bits per heavy atom. The van der Waals surface area contributed by atoms with E-state index in [4.69, 9.17) is 4.74 Å². The smallest absolute Gasteiger partial charge is 0.270 e. The zero-order chi connectivity index (χ0) is 19.1. The number of benzene rings is 2. The highest BCUT2D eigenvalue weighted by atomic mass is 19.1. The molecule has 1 fully saturated rings. The molecule has 4 rings (SSSR count). The summed E-state index contributed by atoms with van der Waals surface area (Å²) in [4.78, 5) is 18.0. The second-order valence-electron chi connectivity index (χ2n) is 7.31. The van der Waals surface area contributed by atoms with Gasteiger partial charge in [-0.2, -0.15) is 0 Å². The maximum Gasteiger partial charge on any atom is 0.270 e. The number of H-pyrrole nitrogens is 1. The minimum Gasteiger partial charge on any atom is -0.370 e. The van der Waals surface area contributed by atoms with E-state index in [-0.39, 0.29) is 24.4 Å². The molecular formula is C22H23FN2O2. The first-order valence-electron chi connectivity index (χ1n) is 9.18. The minimum atomic E-state index is -0.260. The lowest BCUT2D eigenvalue weighted by Crippen LogP contribution is -2.54. The largest absolute Gasteiger partial charge is 0.370 e. The van der Waals surface area contributed by atoms with Crippen molar-refractivity contribution in [3.8, 4) is 0 Å². The van der Waals surface area contributed by atoms with Gasteiger partial charge in [0, 0.05) is 29.6 Å². The zero-order valence-electron chi connectivity index (χ0n) is 15.8. The van der Waals surface area contributed by atoms with Crippen molar-refractivity contribution in [3.05, 3.63) is 70.2 Å². The number of rotatable bonds is 4. The summed E-state index contributed by atoms with van der Waals surface area (Å²) in [7, 11) is 0. The number of hydrogen-bond donors (Lipinski definition) is 1. The third-order valence-electron chi connectivity index (χ3n) is 5.40. The van der Waals surface area contributed by atoms with E-state index in [2.05, 4.69) is 24.0 Å². The van der Waals surface area contributed by atoms with E-state index in [1.54, 1.807) is 23.1 Å². The van der Waals surface area contributed by atoms with Crippen LogP contribution in [0.15, 0.2) is 36.4 Å². The normalized spacial score (nSPS) is 14.6. The second kappa shape index (κ2) is 6.82. The van der Waals surface area contributed by atoms with Crippen molar-refractivity contribution < 1.29 is 13.9 Å². The fraction of sp³-hybridized carbons (Fsp3) is 0.318. The minimum absolute atomic E-state index is 0.00626. The van der Waals surface area contributed by atoms with Crippen LogP contribution < -0.4 is 0 Å². The number of amides is 1. The molecule has 3 aromatic rings. The molecule has 0 unspecified atom stereocenters. The molecule has 2 heterocycles. The number of ether oxygens (including phenoxy) is 1. The van der Waals surface area contributed by atoms with E-state index in [9.17, 15) is 9.18 Å². The molecule has 1 aliphatic rings. The fourth-order valence-corrected chi connectivity index (χ4v) is 3.70. The molecule has 1 amide bonds. The topological polar surface area (TPSA) is 45.3 Å². The van der Waals surface area contributed by atoms with Crippen molar-refractivity contribution in [3.63, 3.8) is 0 Å². The highest BCUT2D eigenvalue weighted by molar-refractivity contribution is 6.02. The molecule has 1 aromatic heterocycles. The predicted octanol–water partition coefficient (Wildman–Crippen LogP) is 4.27. The van der Waals surface area contributed by atoms with Crippen molar-refractivity contribution >= 4 is 16.8 Å². The van der Waals surface area contributed by atoms with E-state index in [0.29, 0.717) is 24.3 Å². The third-order valence-corrected chi connectivity index (χ3v) is 5.40. The Morgan fingerprint density at radius 2 is 1.85 bits per heavy atom. The van der Waals surface area contributed by atoms with Crippen molar-refractivity contribution in [2.75, 3.05) is 13.1 Å². The Hall–Kier alpha value is -2.66. The molecule has 4 nitrogen and oxygen atoms in total. The van der Waals surface area contributed by atoms with Crippen LogP contribution in [0.25, 0.3) is 10.9 Å². The highest BCUT2D eigenvalue weighted by Crippen LogP contribution is 2.29. The summed E-state index contributed by atoms with van der Waals surface area (Å²) in [5.41, 5.74) is 5.51. The standard InChI is InChI=1S/C22H23FN2O2/c1-13-8-9-14(2)20-19(13)15(3)21(24-20)22(26)25-10-17(11-25)27-12-16-6-4-5-7-18(16)23/h4-9,17,24H,10-12H2,1-3H3. The lowest BCUT2D eigenvalue weighted by atomic mass is 10.0. The summed E-state index contributed by atoms with van der Waals surface area (Å²) in [6.45, 7) is 7.38. The number of carbonyl (C=O) groups is 1. The highest BCUT2D eigenvalue weighted by Gasteiger charge is 2.33. The van der Waals surface area contributed by atoms with E-state index in [1.165, 1.54) is 6.07 Å². The van der Waals surface area contributed by atoms with Crippen molar-refractivity contribution in [2.24, 2.45) is 0 Å². The molecule has 1 N–H and O–H groups in total. The first-order valence-corrected chi connectivity index (χ1v) is 9.18. The van der Waals surface area contributed by atoms with Crippen LogP contribution in [0.5, 0.6) is 0 Å². The maximum atomic E-state index is 13.7. The number of aromatic nitrogens is 1. The van der Waals surface area contributed by atoms with Gasteiger partial charge in [0.05, 0.1) is 12.7 Å². The fourth-order valence-electron chi connectivity index (χ4n) is 3.70. The van der Waals surface area contributed by atoms with Gasteiger partial charge in [0.15, 0.2) is 0 Å². The number of nitrogens with zero attached hydrogens (tertiary/aromatic N) is 1.